The molecule has 0 radical (unpaired) electrons. The van der Waals surface area contributed by atoms with Gasteiger partial charge in [-0.05, 0) is 42.5 Å². The van der Waals surface area contributed by atoms with Gasteiger partial charge in [0.05, 0.1) is 12.7 Å². The highest BCUT2D eigenvalue weighted by Gasteiger charge is 2.04. The zero-order valence-electron chi connectivity index (χ0n) is 9.72. The number of hydrogen-bond acceptors (Lipinski definition) is 3. The van der Waals surface area contributed by atoms with E-state index in [0.717, 1.165) is 20.5 Å². The van der Waals surface area contributed by atoms with Crippen molar-refractivity contribution in [1.29, 1.82) is 0 Å². The Morgan fingerprint density at radius 2 is 1.78 bits per heavy atom. The fourth-order valence-electron chi connectivity index (χ4n) is 1.51. The number of carbonyl (C=O) groups excluding carboxylic acids is 1. The van der Waals surface area contributed by atoms with Gasteiger partial charge >= 0.3 is 0 Å². The molecule has 0 bridgehead atoms. The minimum Gasteiger partial charge on any atom is -0.496 e. The standard InChI is InChI=1S/C14H11BrO2S/c1-17-14-7-6-13(8-10(14)9-16)18-12-4-2-11(15)3-5-12/h2-9H,1H3. The Morgan fingerprint density at radius 3 is 2.39 bits per heavy atom. The van der Waals surface area contributed by atoms with Gasteiger partial charge in [-0.25, -0.2) is 0 Å². The van der Waals surface area contributed by atoms with E-state index in [4.69, 9.17) is 4.74 Å². The lowest BCUT2D eigenvalue weighted by Gasteiger charge is -2.06. The molecule has 0 amide bonds. The van der Waals surface area contributed by atoms with Gasteiger partial charge in [-0.15, -0.1) is 0 Å². The molecule has 0 saturated carbocycles. The third kappa shape index (κ3) is 3.15. The number of carbonyl (C=O) groups is 1. The molecule has 2 aromatic rings. The van der Waals surface area contributed by atoms with Crippen molar-refractivity contribution in [2.45, 2.75) is 9.79 Å². The van der Waals surface area contributed by atoms with Crippen molar-refractivity contribution in [1.82, 2.24) is 0 Å². The highest BCUT2D eigenvalue weighted by Crippen LogP contribution is 2.31. The fourth-order valence-corrected chi connectivity index (χ4v) is 2.64. The molecule has 0 N–H and O–H groups in total. The Balaban J connectivity index is 2.24. The summed E-state index contributed by atoms with van der Waals surface area (Å²) < 4.78 is 6.16. The monoisotopic (exact) mass is 322 g/mol. The van der Waals surface area contributed by atoms with Crippen LogP contribution in [-0.4, -0.2) is 13.4 Å². The van der Waals surface area contributed by atoms with E-state index in [1.54, 1.807) is 18.9 Å². The molecule has 92 valence electrons. The van der Waals surface area contributed by atoms with Crippen LogP contribution in [0.3, 0.4) is 0 Å². The van der Waals surface area contributed by atoms with Gasteiger partial charge in [-0.3, -0.25) is 4.79 Å². The zero-order chi connectivity index (χ0) is 13.0. The topological polar surface area (TPSA) is 26.3 Å². The largest absolute Gasteiger partial charge is 0.496 e. The first-order chi connectivity index (χ1) is 8.72. The molecule has 2 rings (SSSR count). The lowest BCUT2D eigenvalue weighted by molar-refractivity contribution is 0.112. The van der Waals surface area contributed by atoms with Gasteiger partial charge in [0.2, 0.25) is 0 Å². The molecule has 0 heterocycles. The molecule has 0 aromatic heterocycles. The average molecular weight is 323 g/mol. The van der Waals surface area contributed by atoms with Crippen LogP contribution in [0.1, 0.15) is 10.4 Å². The third-order valence-electron chi connectivity index (χ3n) is 2.38. The second kappa shape index (κ2) is 6.07. The fraction of sp³-hybridized carbons (Fsp3) is 0.0714. The van der Waals surface area contributed by atoms with Crippen LogP contribution < -0.4 is 4.74 Å². The summed E-state index contributed by atoms with van der Waals surface area (Å²) >= 11 is 5.01. The molecular formula is C14H11BrO2S. The average Bonchev–Trinajstić information content (AvgIpc) is 2.41. The molecule has 0 aliphatic heterocycles. The first-order valence-electron chi connectivity index (χ1n) is 5.29. The van der Waals surface area contributed by atoms with Crippen molar-refractivity contribution in [2.24, 2.45) is 0 Å². The summed E-state index contributed by atoms with van der Waals surface area (Å²) in [4.78, 5) is 13.1. The lowest BCUT2D eigenvalue weighted by Crippen LogP contribution is -1.90. The number of hydrogen-bond donors (Lipinski definition) is 0. The quantitative estimate of drug-likeness (QED) is 0.779. The second-order valence-corrected chi connectivity index (χ2v) is 5.64. The first kappa shape index (κ1) is 13.2. The Hall–Kier alpha value is -1.26. The minimum atomic E-state index is 0.569. The van der Waals surface area contributed by atoms with Crippen LogP contribution in [0.15, 0.2) is 56.7 Å². The van der Waals surface area contributed by atoms with Crippen LogP contribution in [0.2, 0.25) is 0 Å². The second-order valence-electron chi connectivity index (χ2n) is 3.58. The number of ether oxygens (including phenoxy) is 1. The molecule has 0 unspecified atom stereocenters. The van der Waals surface area contributed by atoms with Crippen molar-refractivity contribution in [3.05, 3.63) is 52.5 Å². The molecule has 0 fully saturated rings. The molecule has 0 saturated heterocycles. The zero-order valence-corrected chi connectivity index (χ0v) is 12.1. The Kier molecular flexibility index (Phi) is 4.44. The summed E-state index contributed by atoms with van der Waals surface area (Å²) in [7, 11) is 1.56. The molecule has 2 aromatic carbocycles. The molecule has 4 heteroatoms. The van der Waals surface area contributed by atoms with Gasteiger partial charge < -0.3 is 4.74 Å². The molecule has 0 aliphatic carbocycles. The minimum absolute atomic E-state index is 0.569. The molecule has 0 aliphatic rings. The highest BCUT2D eigenvalue weighted by atomic mass is 79.9. The van der Waals surface area contributed by atoms with Gasteiger partial charge in [0.15, 0.2) is 6.29 Å². The smallest absolute Gasteiger partial charge is 0.153 e. The molecular weight excluding hydrogens is 312 g/mol. The van der Waals surface area contributed by atoms with Crippen LogP contribution in [0, 0.1) is 0 Å². The first-order valence-corrected chi connectivity index (χ1v) is 6.90. The summed E-state index contributed by atoms with van der Waals surface area (Å²) in [6.45, 7) is 0. The van der Waals surface area contributed by atoms with Crippen LogP contribution >= 0.6 is 27.7 Å². The molecule has 18 heavy (non-hydrogen) atoms. The van der Waals surface area contributed by atoms with E-state index in [0.29, 0.717) is 11.3 Å². The Labute approximate surface area is 118 Å². The van der Waals surface area contributed by atoms with E-state index < -0.39 is 0 Å². The van der Waals surface area contributed by atoms with E-state index in [-0.39, 0.29) is 0 Å². The van der Waals surface area contributed by atoms with Crippen LogP contribution in [0.5, 0.6) is 5.75 Å². The van der Waals surface area contributed by atoms with Crippen molar-refractivity contribution >= 4 is 34.0 Å². The maximum Gasteiger partial charge on any atom is 0.153 e. The van der Waals surface area contributed by atoms with Gasteiger partial charge in [0.1, 0.15) is 5.75 Å². The number of halogens is 1. The van der Waals surface area contributed by atoms with E-state index in [1.807, 2.05) is 42.5 Å². The summed E-state index contributed by atoms with van der Waals surface area (Å²) in [6.07, 6.45) is 0.810. The molecule has 0 atom stereocenters. The maximum atomic E-state index is 10.9. The normalized spacial score (nSPS) is 10.1. The van der Waals surface area contributed by atoms with Gasteiger partial charge in [-0.2, -0.15) is 0 Å². The van der Waals surface area contributed by atoms with Crippen molar-refractivity contribution < 1.29 is 9.53 Å². The highest BCUT2D eigenvalue weighted by molar-refractivity contribution is 9.10. The number of aldehydes is 1. The van der Waals surface area contributed by atoms with Crippen LogP contribution in [0.25, 0.3) is 0 Å². The summed E-state index contributed by atoms with van der Waals surface area (Å²) in [5, 5.41) is 0. The Morgan fingerprint density at radius 1 is 1.11 bits per heavy atom. The Bertz CT molecular complexity index is 552. The maximum absolute atomic E-state index is 10.9. The van der Waals surface area contributed by atoms with E-state index in [2.05, 4.69) is 15.9 Å². The van der Waals surface area contributed by atoms with Crippen molar-refractivity contribution in [2.75, 3.05) is 7.11 Å². The van der Waals surface area contributed by atoms with Crippen LogP contribution in [-0.2, 0) is 0 Å². The third-order valence-corrected chi connectivity index (χ3v) is 3.90. The number of rotatable bonds is 4. The van der Waals surface area contributed by atoms with Gasteiger partial charge in [-0.1, -0.05) is 27.7 Å². The molecule has 2 nitrogen and oxygen atoms in total. The van der Waals surface area contributed by atoms with Gasteiger partial charge in [0.25, 0.3) is 0 Å². The number of benzene rings is 2. The van der Waals surface area contributed by atoms with Crippen LogP contribution in [0.4, 0.5) is 0 Å². The van der Waals surface area contributed by atoms with E-state index >= 15 is 0 Å². The van der Waals surface area contributed by atoms with E-state index in [1.165, 1.54) is 0 Å². The summed E-state index contributed by atoms with van der Waals surface area (Å²) in [6, 6.07) is 13.6. The lowest BCUT2D eigenvalue weighted by atomic mass is 10.2. The summed E-state index contributed by atoms with van der Waals surface area (Å²) in [5.41, 5.74) is 0.569. The SMILES string of the molecule is COc1ccc(Sc2ccc(Br)cc2)cc1C=O. The summed E-state index contributed by atoms with van der Waals surface area (Å²) in [5.74, 6) is 0.602. The van der Waals surface area contributed by atoms with E-state index in [9.17, 15) is 4.79 Å². The molecule has 0 spiro atoms. The van der Waals surface area contributed by atoms with Crippen molar-refractivity contribution in [3.63, 3.8) is 0 Å². The number of methoxy groups -OCH3 is 1. The predicted octanol–water partition coefficient (Wildman–Crippen LogP) is 4.42. The predicted molar refractivity (Wildman–Crippen MR) is 76.6 cm³/mol. The van der Waals surface area contributed by atoms with Crippen molar-refractivity contribution in [3.8, 4) is 5.75 Å². The van der Waals surface area contributed by atoms with Gasteiger partial charge in [0, 0.05) is 14.3 Å².